The highest BCUT2D eigenvalue weighted by Gasteiger charge is 2.61. The molecule has 23 heavy (non-hydrogen) atoms. The molecule has 1 aromatic carbocycles. The third-order valence-electron chi connectivity index (χ3n) is 6.16. The van der Waals surface area contributed by atoms with Crippen molar-refractivity contribution in [3.63, 3.8) is 0 Å². The number of piperidine rings is 1. The van der Waals surface area contributed by atoms with Crippen LogP contribution in [-0.4, -0.2) is 44.9 Å². The molecule has 0 unspecified atom stereocenters. The second-order valence-electron chi connectivity index (χ2n) is 6.95. The van der Waals surface area contributed by atoms with Crippen LogP contribution in [0.15, 0.2) is 35.6 Å². The van der Waals surface area contributed by atoms with Gasteiger partial charge in [-0.15, -0.1) is 0 Å². The van der Waals surface area contributed by atoms with Crippen LogP contribution in [0.25, 0.3) is 0 Å². The quantitative estimate of drug-likeness (QED) is 0.839. The van der Waals surface area contributed by atoms with Gasteiger partial charge in [0.25, 0.3) is 0 Å². The fourth-order valence-corrected chi connectivity index (χ4v) is 5.10. The minimum Gasteiger partial charge on any atom is -0.497 e. The lowest BCUT2D eigenvalue weighted by Gasteiger charge is -2.52. The van der Waals surface area contributed by atoms with Crippen LogP contribution in [0.1, 0.15) is 17.5 Å². The van der Waals surface area contributed by atoms with Crippen LogP contribution in [0, 0.1) is 0 Å². The van der Waals surface area contributed by atoms with Crippen LogP contribution in [0.5, 0.6) is 11.5 Å². The molecule has 0 saturated carbocycles. The molecule has 2 heterocycles. The van der Waals surface area contributed by atoms with E-state index in [4.69, 9.17) is 14.2 Å². The summed E-state index contributed by atoms with van der Waals surface area (Å²) in [5, 5.41) is 0. The fraction of sp³-hybridized carbons (Fsp3) is 0.474. The predicted molar refractivity (Wildman–Crippen MR) is 87.0 cm³/mol. The van der Waals surface area contributed by atoms with Crippen molar-refractivity contribution in [1.29, 1.82) is 0 Å². The van der Waals surface area contributed by atoms with E-state index in [0.29, 0.717) is 6.04 Å². The molecule has 5 rings (SSSR count). The Bertz CT molecular complexity index is 766. The molecule has 1 fully saturated rings. The summed E-state index contributed by atoms with van der Waals surface area (Å²) in [6.45, 7) is 1.08. The van der Waals surface area contributed by atoms with Crippen molar-refractivity contribution >= 4 is 0 Å². The van der Waals surface area contributed by atoms with Crippen molar-refractivity contribution in [1.82, 2.24) is 4.90 Å². The van der Waals surface area contributed by atoms with Crippen LogP contribution in [-0.2, 0) is 16.6 Å². The van der Waals surface area contributed by atoms with Gasteiger partial charge in [-0.1, -0.05) is 12.1 Å². The minimum absolute atomic E-state index is 0.0611. The highest BCUT2D eigenvalue weighted by atomic mass is 16.6. The predicted octanol–water partition coefficient (Wildman–Crippen LogP) is 2.42. The largest absolute Gasteiger partial charge is 0.497 e. The minimum atomic E-state index is -0.0747. The topological polar surface area (TPSA) is 30.9 Å². The summed E-state index contributed by atoms with van der Waals surface area (Å²) in [5.74, 6) is 2.68. The van der Waals surface area contributed by atoms with Gasteiger partial charge in [-0.3, -0.25) is 4.90 Å². The molecule has 3 atom stereocenters. The second kappa shape index (κ2) is 4.32. The van der Waals surface area contributed by atoms with Gasteiger partial charge in [-0.05, 0) is 49.7 Å². The SMILES string of the molecule is COC1=CC=C2[C@H]3Cc4ccc(OC)c5c4[C@]2(CCN3C)[C@H]1O5. The summed E-state index contributed by atoms with van der Waals surface area (Å²) in [4.78, 5) is 2.48. The van der Waals surface area contributed by atoms with Gasteiger partial charge in [0.2, 0.25) is 0 Å². The number of likely N-dealkylation sites (tertiary alicyclic amines) is 1. The molecule has 4 heteroatoms. The third-order valence-corrected chi connectivity index (χ3v) is 6.16. The van der Waals surface area contributed by atoms with Crippen LogP contribution >= 0.6 is 0 Å². The highest BCUT2D eigenvalue weighted by molar-refractivity contribution is 5.67. The summed E-state index contributed by atoms with van der Waals surface area (Å²) in [6.07, 6.45) is 6.41. The number of ether oxygens (including phenoxy) is 3. The monoisotopic (exact) mass is 311 g/mol. The van der Waals surface area contributed by atoms with Crippen LogP contribution in [0.2, 0.25) is 0 Å². The highest BCUT2D eigenvalue weighted by Crippen LogP contribution is 2.62. The van der Waals surface area contributed by atoms with Gasteiger partial charge < -0.3 is 14.2 Å². The molecule has 120 valence electrons. The zero-order valence-corrected chi connectivity index (χ0v) is 13.8. The molecule has 0 amide bonds. The van der Waals surface area contributed by atoms with E-state index < -0.39 is 0 Å². The van der Waals surface area contributed by atoms with Crippen molar-refractivity contribution in [2.45, 2.75) is 30.4 Å². The second-order valence-corrected chi connectivity index (χ2v) is 6.95. The fourth-order valence-electron chi connectivity index (χ4n) is 5.10. The molecular formula is C19H21NO3. The van der Waals surface area contributed by atoms with Crippen molar-refractivity contribution in [2.75, 3.05) is 27.8 Å². The average Bonchev–Trinajstić information content (AvgIpc) is 2.92. The molecule has 2 aliphatic carbocycles. The summed E-state index contributed by atoms with van der Waals surface area (Å²) in [7, 11) is 5.68. The number of allylic oxidation sites excluding steroid dienone is 2. The molecule has 4 aliphatic rings. The van der Waals surface area contributed by atoms with Crippen molar-refractivity contribution in [2.24, 2.45) is 0 Å². The molecule has 2 bridgehead atoms. The normalized spacial score (nSPS) is 33.3. The Labute approximate surface area is 136 Å². The number of benzene rings is 1. The summed E-state index contributed by atoms with van der Waals surface area (Å²) >= 11 is 0. The van der Waals surface area contributed by atoms with Crippen LogP contribution < -0.4 is 9.47 Å². The van der Waals surface area contributed by atoms with Gasteiger partial charge in [-0.2, -0.15) is 0 Å². The van der Waals surface area contributed by atoms with E-state index in [2.05, 4.69) is 30.2 Å². The van der Waals surface area contributed by atoms with Gasteiger partial charge in [-0.25, -0.2) is 0 Å². The lowest BCUT2D eigenvalue weighted by atomic mass is 9.57. The lowest BCUT2D eigenvalue weighted by Crippen LogP contribution is -2.58. The maximum Gasteiger partial charge on any atom is 0.169 e. The van der Waals surface area contributed by atoms with Crippen molar-refractivity contribution in [3.8, 4) is 11.5 Å². The van der Waals surface area contributed by atoms with Gasteiger partial charge in [0.05, 0.1) is 19.6 Å². The molecule has 4 nitrogen and oxygen atoms in total. The molecule has 1 saturated heterocycles. The third kappa shape index (κ3) is 1.41. The Morgan fingerprint density at radius 3 is 2.87 bits per heavy atom. The standard InChI is InChI=1S/C19H21NO3/c1-20-9-8-19-12-5-7-15(22-3)18(19)23-17-14(21-2)6-4-11(16(17)19)10-13(12)20/h4-7,13,18H,8-10H2,1-3H3/t13-,18+,19-/m1/s1. The molecule has 2 aliphatic heterocycles. The zero-order valence-electron chi connectivity index (χ0n) is 13.8. The number of hydrogen-bond acceptors (Lipinski definition) is 4. The summed E-state index contributed by atoms with van der Waals surface area (Å²) < 4.78 is 17.7. The average molecular weight is 311 g/mol. The first-order chi connectivity index (χ1) is 11.2. The Kier molecular flexibility index (Phi) is 2.54. The van der Waals surface area contributed by atoms with Crippen molar-refractivity contribution < 1.29 is 14.2 Å². The first-order valence-corrected chi connectivity index (χ1v) is 8.24. The maximum absolute atomic E-state index is 6.46. The molecule has 0 radical (unpaired) electrons. The Morgan fingerprint density at radius 1 is 1.22 bits per heavy atom. The van der Waals surface area contributed by atoms with E-state index >= 15 is 0 Å². The molecule has 1 aromatic rings. The molecule has 1 spiro atoms. The van der Waals surface area contributed by atoms with Gasteiger partial charge >= 0.3 is 0 Å². The number of rotatable bonds is 2. The van der Waals surface area contributed by atoms with Gasteiger partial charge in [0.1, 0.15) is 5.76 Å². The van der Waals surface area contributed by atoms with Gasteiger partial charge in [0.15, 0.2) is 17.6 Å². The van der Waals surface area contributed by atoms with E-state index in [9.17, 15) is 0 Å². The summed E-state index contributed by atoms with van der Waals surface area (Å²) in [5.41, 5.74) is 4.15. The number of likely N-dealkylation sites (N-methyl/N-ethyl adjacent to an activating group) is 1. The van der Waals surface area contributed by atoms with Crippen molar-refractivity contribution in [3.05, 3.63) is 46.7 Å². The summed E-state index contributed by atoms with van der Waals surface area (Å²) in [6, 6.07) is 4.72. The Morgan fingerprint density at radius 2 is 2.09 bits per heavy atom. The first kappa shape index (κ1) is 13.5. The number of nitrogens with zero attached hydrogens (tertiary/aromatic N) is 1. The van der Waals surface area contributed by atoms with Crippen LogP contribution in [0.3, 0.4) is 0 Å². The molecular weight excluding hydrogens is 290 g/mol. The van der Waals surface area contributed by atoms with E-state index in [1.54, 1.807) is 14.2 Å². The van der Waals surface area contributed by atoms with Crippen LogP contribution in [0.4, 0.5) is 0 Å². The zero-order chi connectivity index (χ0) is 15.8. The van der Waals surface area contributed by atoms with Gasteiger partial charge in [0, 0.05) is 11.6 Å². The Hall–Kier alpha value is -1.94. The van der Waals surface area contributed by atoms with E-state index in [-0.39, 0.29) is 11.5 Å². The maximum atomic E-state index is 6.46. The smallest absolute Gasteiger partial charge is 0.169 e. The van der Waals surface area contributed by atoms with E-state index in [1.165, 1.54) is 16.7 Å². The Balaban J connectivity index is 1.84. The lowest BCUT2D eigenvalue weighted by molar-refractivity contribution is 0.0734. The first-order valence-electron chi connectivity index (χ1n) is 8.24. The molecule has 0 N–H and O–H groups in total. The van der Waals surface area contributed by atoms with E-state index in [0.717, 1.165) is 36.6 Å². The molecule has 0 aromatic heterocycles. The van der Waals surface area contributed by atoms with E-state index in [1.807, 2.05) is 6.07 Å². The number of methoxy groups -OCH3 is 2. The number of hydrogen-bond donors (Lipinski definition) is 0.